The highest BCUT2D eigenvalue weighted by atomic mass is 19.4. The zero-order chi connectivity index (χ0) is 10.3. The number of hydrogen-bond donors (Lipinski definition) is 1. The van der Waals surface area contributed by atoms with Gasteiger partial charge in [-0.3, -0.25) is 4.98 Å². The average Bonchev–Trinajstić information content (AvgIpc) is 2.41. The summed E-state index contributed by atoms with van der Waals surface area (Å²) in [5.74, 6) is -0.827. The summed E-state index contributed by atoms with van der Waals surface area (Å²) < 4.78 is 40.8. The van der Waals surface area contributed by atoms with Gasteiger partial charge in [0.2, 0.25) is 5.71 Å². The number of nitrogens with one attached hydrogen (secondary N) is 1. The van der Waals surface area contributed by atoms with Gasteiger partial charge in [-0.2, -0.15) is 13.2 Å². The summed E-state index contributed by atoms with van der Waals surface area (Å²) in [6.07, 6.45) is -4.54. The third-order valence-electron chi connectivity index (χ3n) is 1.58. The van der Waals surface area contributed by atoms with Gasteiger partial charge in [-0.05, 0) is 12.1 Å². The molecule has 0 radical (unpaired) electrons. The van der Waals surface area contributed by atoms with Crippen LogP contribution in [0.5, 0.6) is 0 Å². The van der Waals surface area contributed by atoms with Gasteiger partial charge in [-0.15, -0.1) is 0 Å². The Morgan fingerprint density at radius 1 is 1.36 bits per heavy atom. The largest absolute Gasteiger partial charge is 0.433 e. The molecule has 74 valence electrons. The highest BCUT2D eigenvalue weighted by molar-refractivity contribution is 5.67. The van der Waals surface area contributed by atoms with Crippen molar-refractivity contribution in [2.75, 3.05) is 0 Å². The second kappa shape index (κ2) is 2.60. The van der Waals surface area contributed by atoms with Gasteiger partial charge in [-0.1, -0.05) is 0 Å². The quantitative estimate of drug-likeness (QED) is 0.707. The van der Waals surface area contributed by atoms with E-state index in [-0.39, 0.29) is 11.2 Å². The highest BCUT2D eigenvalue weighted by Gasteiger charge is 2.32. The summed E-state index contributed by atoms with van der Waals surface area (Å²) in [6.45, 7) is 0. The molecule has 1 N–H and O–H groups in total. The molecule has 0 aliphatic heterocycles. The maximum atomic E-state index is 12.1. The van der Waals surface area contributed by atoms with Gasteiger partial charge in [-0.25, -0.2) is 9.78 Å². The van der Waals surface area contributed by atoms with Crippen molar-refractivity contribution in [2.45, 2.75) is 6.18 Å². The summed E-state index contributed by atoms with van der Waals surface area (Å²) in [5, 5.41) is 0. The van der Waals surface area contributed by atoms with E-state index in [0.717, 1.165) is 12.1 Å². The fourth-order valence-corrected chi connectivity index (χ4v) is 0.995. The van der Waals surface area contributed by atoms with Gasteiger partial charge in [0.1, 0.15) is 11.2 Å². The van der Waals surface area contributed by atoms with Crippen molar-refractivity contribution in [1.29, 1.82) is 0 Å². The van der Waals surface area contributed by atoms with Crippen molar-refractivity contribution in [3.05, 3.63) is 28.4 Å². The molecule has 0 aromatic carbocycles. The molecule has 0 fully saturated rings. The van der Waals surface area contributed by atoms with Crippen molar-refractivity contribution in [1.82, 2.24) is 9.97 Å². The molecule has 2 aromatic heterocycles. The number of H-pyrrole nitrogens is 1. The van der Waals surface area contributed by atoms with E-state index in [1.54, 1.807) is 0 Å². The monoisotopic (exact) mass is 204 g/mol. The average molecular weight is 204 g/mol. The van der Waals surface area contributed by atoms with Crippen LogP contribution < -0.4 is 5.76 Å². The predicted molar refractivity (Wildman–Crippen MR) is 39.6 cm³/mol. The molecule has 0 atom stereocenters. The Morgan fingerprint density at radius 3 is 2.71 bits per heavy atom. The lowest BCUT2D eigenvalue weighted by atomic mass is 10.3. The molecule has 0 bridgehead atoms. The van der Waals surface area contributed by atoms with Crippen LogP contribution in [0.4, 0.5) is 13.2 Å². The number of hydrogen-bond acceptors (Lipinski definition) is 3. The van der Waals surface area contributed by atoms with Crippen molar-refractivity contribution in [3.63, 3.8) is 0 Å². The number of aromatic nitrogens is 2. The van der Waals surface area contributed by atoms with E-state index in [1.165, 1.54) is 0 Å². The smallest absolute Gasteiger partial charge is 0.389 e. The first-order valence-electron chi connectivity index (χ1n) is 3.54. The van der Waals surface area contributed by atoms with E-state index in [9.17, 15) is 18.0 Å². The fraction of sp³-hybridized carbons (Fsp3) is 0.143. The zero-order valence-corrected chi connectivity index (χ0v) is 6.55. The first-order valence-corrected chi connectivity index (χ1v) is 3.54. The van der Waals surface area contributed by atoms with Gasteiger partial charge in [0.25, 0.3) is 0 Å². The number of alkyl halides is 3. The Labute approximate surface area is 74.4 Å². The molecule has 0 saturated carbocycles. The summed E-state index contributed by atoms with van der Waals surface area (Å²) in [6, 6.07) is 1.86. The van der Waals surface area contributed by atoms with E-state index in [1.807, 2.05) is 0 Å². The molecular formula is C7H3F3N2O2. The number of pyridine rings is 1. The van der Waals surface area contributed by atoms with Crippen LogP contribution in [-0.2, 0) is 6.18 Å². The zero-order valence-electron chi connectivity index (χ0n) is 6.55. The molecular weight excluding hydrogens is 201 g/mol. The lowest BCUT2D eigenvalue weighted by Gasteiger charge is -2.03. The Kier molecular flexibility index (Phi) is 1.63. The first kappa shape index (κ1) is 8.79. The van der Waals surface area contributed by atoms with Crippen LogP contribution in [0.25, 0.3) is 11.2 Å². The minimum atomic E-state index is -4.54. The standard InChI is InChI=1S/C7H3F3N2O2/c8-7(9,10)4-2-1-3-5(12-4)14-6(13)11-3/h1-2H,(H,11,13). The lowest BCUT2D eigenvalue weighted by molar-refractivity contribution is -0.141. The third kappa shape index (κ3) is 1.36. The summed E-state index contributed by atoms with van der Waals surface area (Å²) in [7, 11) is 0. The van der Waals surface area contributed by atoms with Gasteiger partial charge in [0.05, 0.1) is 0 Å². The normalized spacial score (nSPS) is 12.2. The minimum Gasteiger partial charge on any atom is -0.389 e. The molecule has 2 aromatic rings. The van der Waals surface area contributed by atoms with Crippen LogP contribution in [0.15, 0.2) is 21.3 Å². The second-order valence-electron chi connectivity index (χ2n) is 2.56. The van der Waals surface area contributed by atoms with Crippen LogP contribution in [0.2, 0.25) is 0 Å². The number of aromatic amines is 1. The van der Waals surface area contributed by atoms with E-state index in [4.69, 9.17) is 0 Å². The van der Waals surface area contributed by atoms with Crippen LogP contribution >= 0.6 is 0 Å². The van der Waals surface area contributed by atoms with E-state index in [2.05, 4.69) is 14.4 Å². The number of halogens is 3. The maximum absolute atomic E-state index is 12.1. The van der Waals surface area contributed by atoms with Crippen molar-refractivity contribution < 1.29 is 17.6 Å². The maximum Gasteiger partial charge on any atom is 0.433 e. The summed E-state index contributed by atoms with van der Waals surface area (Å²) in [4.78, 5) is 15.9. The van der Waals surface area contributed by atoms with E-state index >= 15 is 0 Å². The van der Waals surface area contributed by atoms with Gasteiger partial charge >= 0.3 is 11.9 Å². The molecule has 14 heavy (non-hydrogen) atoms. The van der Waals surface area contributed by atoms with Crippen molar-refractivity contribution in [3.8, 4) is 0 Å². The van der Waals surface area contributed by atoms with E-state index < -0.39 is 17.6 Å². The Bertz CT molecular complexity index is 525. The van der Waals surface area contributed by atoms with Crippen molar-refractivity contribution in [2.24, 2.45) is 0 Å². The van der Waals surface area contributed by atoms with Crippen LogP contribution in [0.1, 0.15) is 5.69 Å². The van der Waals surface area contributed by atoms with Crippen LogP contribution in [0.3, 0.4) is 0 Å². The summed E-state index contributed by atoms with van der Waals surface area (Å²) >= 11 is 0. The van der Waals surface area contributed by atoms with Crippen LogP contribution in [-0.4, -0.2) is 9.97 Å². The number of rotatable bonds is 0. The number of fused-ring (bicyclic) bond motifs is 1. The molecule has 0 unspecified atom stereocenters. The first-order chi connectivity index (χ1) is 6.47. The molecule has 0 aliphatic rings. The molecule has 0 saturated heterocycles. The predicted octanol–water partition coefficient (Wildman–Crippen LogP) is 1.53. The van der Waals surface area contributed by atoms with Gasteiger partial charge in [0.15, 0.2) is 0 Å². The molecule has 0 amide bonds. The molecule has 2 heterocycles. The Balaban J connectivity index is 2.67. The van der Waals surface area contributed by atoms with E-state index in [0.29, 0.717) is 0 Å². The molecule has 7 heteroatoms. The minimum absolute atomic E-state index is 0.142. The van der Waals surface area contributed by atoms with Gasteiger partial charge in [0, 0.05) is 0 Å². The highest BCUT2D eigenvalue weighted by Crippen LogP contribution is 2.28. The van der Waals surface area contributed by atoms with Gasteiger partial charge < -0.3 is 4.42 Å². The summed E-state index contributed by atoms with van der Waals surface area (Å²) in [5.41, 5.74) is -1.29. The topological polar surface area (TPSA) is 58.9 Å². The molecule has 0 spiro atoms. The number of oxazole rings is 1. The Hall–Kier alpha value is -1.79. The SMILES string of the molecule is O=c1[nH]c2ccc(C(F)(F)F)nc2o1. The van der Waals surface area contributed by atoms with Crippen molar-refractivity contribution >= 4 is 11.2 Å². The molecule has 4 nitrogen and oxygen atoms in total. The molecule has 0 aliphatic carbocycles. The fourth-order valence-electron chi connectivity index (χ4n) is 0.995. The Morgan fingerprint density at radius 2 is 2.07 bits per heavy atom. The van der Waals surface area contributed by atoms with Crippen LogP contribution in [0, 0.1) is 0 Å². The number of nitrogens with zero attached hydrogens (tertiary/aromatic N) is 1. The third-order valence-corrected chi connectivity index (χ3v) is 1.58. The lowest BCUT2D eigenvalue weighted by Crippen LogP contribution is -2.07. The second-order valence-corrected chi connectivity index (χ2v) is 2.56. The molecule has 2 rings (SSSR count).